The number of allylic oxidation sites excluding steroid dienone is 1. The summed E-state index contributed by atoms with van der Waals surface area (Å²) in [7, 11) is 4.56. The molecule has 126 valence electrons. The molecule has 2 aromatic carbocycles. The van der Waals surface area contributed by atoms with Crippen LogP contribution in [-0.2, 0) is 6.42 Å². The van der Waals surface area contributed by atoms with Crippen molar-refractivity contribution in [2.45, 2.75) is 6.42 Å². The maximum atomic E-state index is 12.4. The van der Waals surface area contributed by atoms with Gasteiger partial charge >= 0.3 is 5.97 Å². The molecule has 0 unspecified atom stereocenters. The number of methoxy groups -OCH3 is 3. The van der Waals surface area contributed by atoms with Crippen molar-refractivity contribution in [3.05, 3.63) is 60.2 Å². The highest BCUT2D eigenvalue weighted by Gasteiger charge is 2.15. The predicted molar refractivity (Wildman–Crippen MR) is 91.4 cm³/mol. The van der Waals surface area contributed by atoms with Crippen LogP contribution in [0.4, 0.5) is 0 Å². The maximum absolute atomic E-state index is 12.4. The minimum atomic E-state index is -0.526. The Hall–Kier alpha value is -2.95. The lowest BCUT2D eigenvalue weighted by Gasteiger charge is -2.12. The molecule has 0 atom stereocenters. The van der Waals surface area contributed by atoms with Crippen LogP contribution < -0.4 is 18.9 Å². The Morgan fingerprint density at radius 3 is 2.17 bits per heavy atom. The van der Waals surface area contributed by atoms with E-state index in [9.17, 15) is 4.79 Å². The largest absolute Gasteiger partial charge is 0.497 e. The lowest BCUT2D eigenvalue weighted by Crippen LogP contribution is -2.10. The van der Waals surface area contributed by atoms with Crippen molar-refractivity contribution in [2.24, 2.45) is 0 Å². The van der Waals surface area contributed by atoms with Gasteiger partial charge in [-0.2, -0.15) is 0 Å². The molecule has 2 rings (SSSR count). The fourth-order valence-electron chi connectivity index (χ4n) is 2.17. The van der Waals surface area contributed by atoms with Crippen molar-refractivity contribution < 1.29 is 23.7 Å². The van der Waals surface area contributed by atoms with Crippen LogP contribution in [0.3, 0.4) is 0 Å². The van der Waals surface area contributed by atoms with Crippen molar-refractivity contribution in [3.8, 4) is 23.0 Å². The summed E-state index contributed by atoms with van der Waals surface area (Å²) in [6.45, 7) is 3.70. The molecule has 0 fully saturated rings. The van der Waals surface area contributed by atoms with Gasteiger partial charge in [0.1, 0.15) is 11.5 Å². The van der Waals surface area contributed by atoms with E-state index < -0.39 is 5.97 Å². The minimum Gasteiger partial charge on any atom is -0.497 e. The van der Waals surface area contributed by atoms with E-state index in [-0.39, 0.29) is 0 Å². The molecule has 0 amide bonds. The Balaban J connectivity index is 2.27. The van der Waals surface area contributed by atoms with E-state index in [1.165, 1.54) is 21.3 Å². The van der Waals surface area contributed by atoms with Crippen LogP contribution in [0.25, 0.3) is 0 Å². The molecule has 0 spiro atoms. The van der Waals surface area contributed by atoms with E-state index in [0.29, 0.717) is 35.0 Å². The summed E-state index contributed by atoms with van der Waals surface area (Å²) in [4.78, 5) is 12.4. The molecule has 24 heavy (non-hydrogen) atoms. The second kappa shape index (κ2) is 8.06. The third-order valence-electron chi connectivity index (χ3n) is 3.40. The van der Waals surface area contributed by atoms with E-state index >= 15 is 0 Å². The van der Waals surface area contributed by atoms with E-state index in [0.717, 1.165) is 5.56 Å². The molecule has 0 saturated heterocycles. The molecule has 0 aromatic heterocycles. The minimum absolute atomic E-state index is 0.323. The average molecular weight is 328 g/mol. The van der Waals surface area contributed by atoms with Crippen LogP contribution in [0, 0.1) is 0 Å². The van der Waals surface area contributed by atoms with Crippen molar-refractivity contribution >= 4 is 5.97 Å². The quantitative estimate of drug-likeness (QED) is 0.441. The highest BCUT2D eigenvalue weighted by atomic mass is 16.6. The summed E-state index contributed by atoms with van der Waals surface area (Å²) in [5.74, 6) is 1.32. The highest BCUT2D eigenvalue weighted by Crippen LogP contribution is 2.30. The van der Waals surface area contributed by atoms with Gasteiger partial charge in [0, 0.05) is 6.07 Å². The Kier molecular flexibility index (Phi) is 5.84. The normalized spacial score (nSPS) is 9.96. The topological polar surface area (TPSA) is 54.0 Å². The molecule has 0 N–H and O–H groups in total. The molecule has 0 aliphatic heterocycles. The number of benzene rings is 2. The Morgan fingerprint density at radius 2 is 1.62 bits per heavy atom. The van der Waals surface area contributed by atoms with Gasteiger partial charge in [-0.25, -0.2) is 4.79 Å². The standard InChI is InChI=1S/C19H20O5/c1-5-6-13-7-8-17(18(9-13)23-4)24-19(20)14-10-15(21-2)12-16(11-14)22-3/h5,7-12H,1,6H2,2-4H3. The summed E-state index contributed by atoms with van der Waals surface area (Å²) in [5, 5.41) is 0. The number of hydrogen-bond acceptors (Lipinski definition) is 5. The second-order valence-corrected chi connectivity index (χ2v) is 4.97. The van der Waals surface area contributed by atoms with Gasteiger partial charge in [-0.3, -0.25) is 0 Å². The van der Waals surface area contributed by atoms with Gasteiger partial charge in [0.15, 0.2) is 11.5 Å². The Bertz CT molecular complexity index is 714. The van der Waals surface area contributed by atoms with Crippen LogP contribution in [-0.4, -0.2) is 27.3 Å². The van der Waals surface area contributed by atoms with Gasteiger partial charge in [0.25, 0.3) is 0 Å². The van der Waals surface area contributed by atoms with Gasteiger partial charge in [0.05, 0.1) is 26.9 Å². The maximum Gasteiger partial charge on any atom is 0.343 e. The van der Waals surface area contributed by atoms with E-state index in [1.807, 2.05) is 12.1 Å². The number of carbonyl (C=O) groups is 1. The van der Waals surface area contributed by atoms with Crippen molar-refractivity contribution in [2.75, 3.05) is 21.3 Å². The van der Waals surface area contributed by atoms with E-state index in [2.05, 4.69) is 6.58 Å². The van der Waals surface area contributed by atoms with E-state index in [4.69, 9.17) is 18.9 Å². The fourth-order valence-corrected chi connectivity index (χ4v) is 2.17. The molecule has 0 heterocycles. The molecular weight excluding hydrogens is 308 g/mol. The summed E-state index contributed by atoms with van der Waals surface area (Å²) in [5.41, 5.74) is 1.34. The zero-order valence-corrected chi connectivity index (χ0v) is 14.0. The first-order chi connectivity index (χ1) is 11.6. The number of hydrogen-bond donors (Lipinski definition) is 0. The lowest BCUT2D eigenvalue weighted by atomic mass is 10.1. The molecule has 0 aliphatic carbocycles. The summed E-state index contributed by atoms with van der Waals surface area (Å²) >= 11 is 0. The van der Waals surface area contributed by atoms with Crippen molar-refractivity contribution in [3.63, 3.8) is 0 Å². The first-order valence-corrected chi connectivity index (χ1v) is 7.34. The molecular formula is C19H20O5. The molecule has 0 bridgehead atoms. The molecule has 0 aliphatic rings. The number of ether oxygens (including phenoxy) is 4. The monoisotopic (exact) mass is 328 g/mol. The third kappa shape index (κ3) is 4.07. The molecule has 5 nitrogen and oxygen atoms in total. The smallest absolute Gasteiger partial charge is 0.343 e. The van der Waals surface area contributed by atoms with Crippen LogP contribution in [0.1, 0.15) is 15.9 Å². The van der Waals surface area contributed by atoms with E-state index in [1.54, 1.807) is 30.3 Å². The van der Waals surface area contributed by atoms with Gasteiger partial charge in [-0.15, -0.1) is 6.58 Å². The van der Waals surface area contributed by atoms with Crippen molar-refractivity contribution in [1.29, 1.82) is 0 Å². The first kappa shape index (κ1) is 17.4. The molecule has 5 heteroatoms. The summed E-state index contributed by atoms with van der Waals surface area (Å²) in [6, 6.07) is 10.2. The van der Waals surface area contributed by atoms with Gasteiger partial charge in [-0.1, -0.05) is 12.1 Å². The Labute approximate surface area is 141 Å². The molecule has 2 aromatic rings. The predicted octanol–water partition coefficient (Wildman–Crippen LogP) is 3.66. The zero-order valence-electron chi connectivity index (χ0n) is 14.0. The van der Waals surface area contributed by atoms with Crippen molar-refractivity contribution in [1.82, 2.24) is 0 Å². The van der Waals surface area contributed by atoms with Crippen LogP contribution in [0.2, 0.25) is 0 Å². The molecule has 0 radical (unpaired) electrons. The average Bonchev–Trinajstić information content (AvgIpc) is 2.62. The number of esters is 1. The summed E-state index contributed by atoms with van der Waals surface area (Å²) in [6.07, 6.45) is 2.50. The van der Waals surface area contributed by atoms with Crippen LogP contribution in [0.15, 0.2) is 49.1 Å². The first-order valence-electron chi connectivity index (χ1n) is 7.34. The number of rotatable bonds is 7. The van der Waals surface area contributed by atoms with Gasteiger partial charge in [-0.05, 0) is 36.2 Å². The number of carbonyl (C=O) groups excluding carboxylic acids is 1. The second-order valence-electron chi connectivity index (χ2n) is 4.97. The Morgan fingerprint density at radius 1 is 0.958 bits per heavy atom. The molecule has 0 saturated carbocycles. The van der Waals surface area contributed by atoms with Gasteiger partial charge < -0.3 is 18.9 Å². The third-order valence-corrected chi connectivity index (χ3v) is 3.40. The van der Waals surface area contributed by atoms with Gasteiger partial charge in [0.2, 0.25) is 0 Å². The SMILES string of the molecule is C=CCc1ccc(OC(=O)c2cc(OC)cc(OC)c2)c(OC)c1. The zero-order chi connectivity index (χ0) is 17.5. The van der Waals surface area contributed by atoms with Crippen LogP contribution in [0.5, 0.6) is 23.0 Å². The van der Waals surface area contributed by atoms with Crippen LogP contribution >= 0.6 is 0 Å². The highest BCUT2D eigenvalue weighted by molar-refractivity contribution is 5.92. The fraction of sp³-hybridized carbons (Fsp3) is 0.211. The lowest BCUT2D eigenvalue weighted by molar-refractivity contribution is 0.0729. The summed E-state index contributed by atoms with van der Waals surface area (Å²) < 4.78 is 21.1.